The van der Waals surface area contributed by atoms with E-state index in [1.165, 1.54) is 6.21 Å². The van der Waals surface area contributed by atoms with Crippen molar-refractivity contribution < 1.29 is 0 Å². The third kappa shape index (κ3) is 1.46. The summed E-state index contributed by atoms with van der Waals surface area (Å²) >= 11 is 0. The van der Waals surface area contributed by atoms with Gasteiger partial charge in [-0.3, -0.25) is 0 Å². The molecule has 1 N–H and O–H groups in total. The Hall–Kier alpha value is -1.97. The van der Waals surface area contributed by atoms with E-state index in [1.54, 1.807) is 29.2 Å². The molecule has 0 radical (unpaired) electrons. The van der Waals surface area contributed by atoms with Crippen molar-refractivity contribution in [2.75, 3.05) is 0 Å². The first-order valence-electron chi connectivity index (χ1n) is 3.87. The molecule has 2 heterocycles. The maximum Gasteiger partial charge on any atom is 0.117 e. The van der Waals surface area contributed by atoms with E-state index >= 15 is 0 Å². The lowest BCUT2D eigenvalue weighted by Gasteiger charge is -1.86. The molecule has 0 amide bonds. The predicted molar refractivity (Wildman–Crippen MR) is 50.8 cm³/mol. The van der Waals surface area contributed by atoms with E-state index in [4.69, 9.17) is 5.41 Å². The van der Waals surface area contributed by atoms with Crippen LogP contribution < -0.4 is 0 Å². The topological polar surface area (TPSA) is 54.0 Å². The van der Waals surface area contributed by atoms with Gasteiger partial charge in [-0.1, -0.05) is 0 Å². The maximum absolute atomic E-state index is 6.83. The number of nitrogens with one attached hydrogen (secondary N) is 1. The highest BCUT2D eigenvalue weighted by atomic mass is 15.2. The second-order valence-corrected chi connectivity index (χ2v) is 2.54. The minimum atomic E-state index is 0.830. The summed E-state index contributed by atoms with van der Waals surface area (Å²) < 4.78 is 1.70. The highest BCUT2D eigenvalue weighted by Gasteiger charge is 1.95. The second kappa shape index (κ2) is 3.18. The molecule has 13 heavy (non-hydrogen) atoms. The van der Waals surface area contributed by atoms with Gasteiger partial charge in [0.2, 0.25) is 0 Å². The summed E-state index contributed by atoms with van der Waals surface area (Å²) in [6, 6.07) is 3.82. The second-order valence-electron chi connectivity index (χ2n) is 2.54. The summed E-state index contributed by atoms with van der Waals surface area (Å²) in [4.78, 5) is 3.94. The zero-order valence-electron chi connectivity index (χ0n) is 6.88. The summed E-state index contributed by atoms with van der Waals surface area (Å²) in [5, 5.41) is 11.0. The largest absolute Gasteiger partial charge is 0.309 e. The molecule has 0 saturated carbocycles. The van der Waals surface area contributed by atoms with E-state index < -0.39 is 0 Å². The van der Waals surface area contributed by atoms with Crippen molar-refractivity contribution in [3.8, 4) is 0 Å². The van der Waals surface area contributed by atoms with E-state index in [9.17, 15) is 0 Å². The fourth-order valence-electron chi connectivity index (χ4n) is 1.09. The van der Waals surface area contributed by atoms with Crippen molar-refractivity contribution in [1.82, 2.24) is 14.6 Å². The molecule has 64 valence electrons. The Balaban J connectivity index is 2.49. The van der Waals surface area contributed by atoms with Crippen molar-refractivity contribution >= 4 is 17.8 Å². The molecule has 0 aromatic carbocycles. The number of rotatable bonds is 2. The minimum absolute atomic E-state index is 0.830. The van der Waals surface area contributed by atoms with Crippen LogP contribution in [0.15, 0.2) is 30.7 Å². The number of nitrogens with zero attached hydrogens (tertiary/aromatic N) is 3. The van der Waals surface area contributed by atoms with Crippen molar-refractivity contribution in [2.45, 2.75) is 0 Å². The Morgan fingerprint density at radius 3 is 3.15 bits per heavy atom. The van der Waals surface area contributed by atoms with Gasteiger partial charge in [-0.2, -0.15) is 5.10 Å². The van der Waals surface area contributed by atoms with Crippen LogP contribution >= 0.6 is 0 Å². The van der Waals surface area contributed by atoms with Crippen molar-refractivity contribution in [3.63, 3.8) is 0 Å². The van der Waals surface area contributed by atoms with Crippen LogP contribution in [0.25, 0.3) is 11.6 Å². The molecule has 4 heteroatoms. The van der Waals surface area contributed by atoms with Crippen LogP contribution in [0.3, 0.4) is 0 Å². The van der Waals surface area contributed by atoms with E-state index in [-0.39, 0.29) is 0 Å². The van der Waals surface area contributed by atoms with Gasteiger partial charge in [0.1, 0.15) is 6.33 Å². The standard InChI is InChI=1S/C9H8N4/c10-4-1-2-8-6-9-3-5-11-7-13(9)12-8/h1-7,10H. The van der Waals surface area contributed by atoms with Crippen LogP contribution in [0.2, 0.25) is 0 Å². The van der Waals surface area contributed by atoms with Gasteiger partial charge in [0.25, 0.3) is 0 Å². The molecule has 0 aliphatic rings. The Bertz CT molecular complexity index is 422. The first kappa shape index (κ1) is 7.67. The van der Waals surface area contributed by atoms with Gasteiger partial charge in [0.05, 0.1) is 11.2 Å². The summed E-state index contributed by atoms with van der Waals surface area (Å²) in [5.74, 6) is 0. The lowest BCUT2D eigenvalue weighted by atomic mass is 10.3. The van der Waals surface area contributed by atoms with Gasteiger partial charge in [-0.25, -0.2) is 9.50 Å². The molecule has 0 spiro atoms. The molecule has 0 unspecified atom stereocenters. The number of aromatic nitrogens is 3. The Kier molecular flexibility index (Phi) is 1.88. The molecule has 0 atom stereocenters. The van der Waals surface area contributed by atoms with E-state index in [0.717, 1.165) is 11.2 Å². The van der Waals surface area contributed by atoms with Crippen LogP contribution in [0.1, 0.15) is 5.69 Å². The predicted octanol–water partition coefficient (Wildman–Crippen LogP) is 1.39. The van der Waals surface area contributed by atoms with Crippen LogP contribution in [0.5, 0.6) is 0 Å². The van der Waals surface area contributed by atoms with Crippen LogP contribution in [-0.4, -0.2) is 20.8 Å². The molecular formula is C9H8N4. The van der Waals surface area contributed by atoms with E-state index in [1.807, 2.05) is 12.1 Å². The van der Waals surface area contributed by atoms with Gasteiger partial charge in [-0.15, -0.1) is 0 Å². The summed E-state index contributed by atoms with van der Waals surface area (Å²) in [6.45, 7) is 0. The molecule has 0 fully saturated rings. The zero-order valence-corrected chi connectivity index (χ0v) is 6.88. The Labute approximate surface area is 75.0 Å². The average Bonchev–Trinajstić information content (AvgIpc) is 2.57. The van der Waals surface area contributed by atoms with Crippen molar-refractivity contribution in [2.24, 2.45) is 0 Å². The molecule has 0 saturated heterocycles. The third-order valence-corrected chi connectivity index (χ3v) is 1.65. The first-order valence-corrected chi connectivity index (χ1v) is 3.87. The van der Waals surface area contributed by atoms with E-state index in [2.05, 4.69) is 10.1 Å². The van der Waals surface area contributed by atoms with Gasteiger partial charge in [0.15, 0.2) is 0 Å². The molecule has 2 aromatic rings. The molecule has 2 aromatic heterocycles. The lowest BCUT2D eigenvalue weighted by molar-refractivity contribution is 0.916. The molecule has 2 rings (SSSR count). The smallest absolute Gasteiger partial charge is 0.117 e. The summed E-state index contributed by atoms with van der Waals surface area (Å²) in [7, 11) is 0. The van der Waals surface area contributed by atoms with Crippen LogP contribution in [0, 0.1) is 5.41 Å². The number of fused-ring (bicyclic) bond motifs is 1. The summed E-state index contributed by atoms with van der Waals surface area (Å²) in [5.41, 5.74) is 1.83. The zero-order chi connectivity index (χ0) is 9.10. The van der Waals surface area contributed by atoms with Gasteiger partial charge in [0, 0.05) is 12.4 Å². The SMILES string of the molecule is N=CC=Cc1cc2ccncn2n1. The number of hydrogen-bond donors (Lipinski definition) is 1. The third-order valence-electron chi connectivity index (χ3n) is 1.65. The Morgan fingerprint density at radius 1 is 1.46 bits per heavy atom. The van der Waals surface area contributed by atoms with Gasteiger partial charge < -0.3 is 5.41 Å². The molecule has 4 nitrogen and oxygen atoms in total. The quantitative estimate of drug-likeness (QED) is 0.696. The molecular weight excluding hydrogens is 164 g/mol. The molecule has 0 bridgehead atoms. The average molecular weight is 172 g/mol. The fraction of sp³-hybridized carbons (Fsp3) is 0. The number of allylic oxidation sites excluding steroid dienone is 1. The van der Waals surface area contributed by atoms with Gasteiger partial charge >= 0.3 is 0 Å². The van der Waals surface area contributed by atoms with Crippen molar-refractivity contribution in [1.29, 1.82) is 5.41 Å². The van der Waals surface area contributed by atoms with E-state index in [0.29, 0.717) is 0 Å². The van der Waals surface area contributed by atoms with Gasteiger partial charge in [-0.05, 0) is 24.3 Å². The minimum Gasteiger partial charge on any atom is -0.309 e. The highest BCUT2D eigenvalue weighted by molar-refractivity contribution is 5.75. The fourth-order valence-corrected chi connectivity index (χ4v) is 1.09. The molecule has 0 aliphatic carbocycles. The normalized spacial score (nSPS) is 11.1. The molecule has 0 aliphatic heterocycles. The van der Waals surface area contributed by atoms with Crippen molar-refractivity contribution in [3.05, 3.63) is 36.4 Å². The maximum atomic E-state index is 6.83. The monoisotopic (exact) mass is 172 g/mol. The van der Waals surface area contributed by atoms with Crippen LogP contribution in [-0.2, 0) is 0 Å². The number of hydrogen-bond acceptors (Lipinski definition) is 3. The Morgan fingerprint density at radius 2 is 2.38 bits per heavy atom. The summed E-state index contributed by atoms with van der Waals surface area (Å²) in [6.07, 6.45) is 8.01. The highest BCUT2D eigenvalue weighted by Crippen LogP contribution is 2.05. The first-order chi connectivity index (χ1) is 6.40. The lowest BCUT2D eigenvalue weighted by Crippen LogP contribution is -1.86. The van der Waals surface area contributed by atoms with Crippen LogP contribution in [0.4, 0.5) is 0 Å².